The summed E-state index contributed by atoms with van der Waals surface area (Å²) in [6, 6.07) is 0. The molecule has 0 aliphatic carbocycles. The Kier molecular flexibility index (Phi) is 4.02. The molecular weight excluding hydrogens is 264 g/mol. The lowest BCUT2D eigenvalue weighted by Gasteiger charge is -1.99. The van der Waals surface area contributed by atoms with Gasteiger partial charge in [-0.05, 0) is 19.8 Å². The van der Waals surface area contributed by atoms with E-state index in [-0.39, 0.29) is 11.9 Å². The van der Waals surface area contributed by atoms with Crippen LogP contribution in [0.1, 0.15) is 32.0 Å². The Bertz CT molecular complexity index is 740. The van der Waals surface area contributed by atoms with Gasteiger partial charge in [0.1, 0.15) is 11.3 Å². The van der Waals surface area contributed by atoms with Crippen molar-refractivity contribution in [3.05, 3.63) is 26.7 Å². The van der Waals surface area contributed by atoms with Crippen LogP contribution < -0.4 is 11.2 Å². The van der Waals surface area contributed by atoms with Crippen LogP contribution in [0.2, 0.25) is 0 Å². The van der Waals surface area contributed by atoms with E-state index in [0.29, 0.717) is 37.3 Å². The second-order valence-corrected chi connectivity index (χ2v) is 4.49. The SMILES string of the molecule is CCn1c(=O)[nH]c(=O)c2[nH]c(CCCCC(=O)O)nc21. The molecule has 0 atom stereocenters. The first-order chi connectivity index (χ1) is 9.52. The van der Waals surface area contributed by atoms with Crippen molar-refractivity contribution in [2.24, 2.45) is 0 Å². The number of imidazole rings is 1. The molecule has 0 radical (unpaired) electrons. The Labute approximate surface area is 113 Å². The third-order valence-corrected chi connectivity index (χ3v) is 3.05. The summed E-state index contributed by atoms with van der Waals surface area (Å²) in [5.74, 6) is -0.241. The zero-order valence-corrected chi connectivity index (χ0v) is 11.1. The fourth-order valence-electron chi connectivity index (χ4n) is 2.07. The molecule has 0 aromatic carbocycles. The summed E-state index contributed by atoms with van der Waals surface area (Å²) < 4.78 is 1.38. The van der Waals surface area contributed by atoms with Crippen molar-refractivity contribution in [2.75, 3.05) is 0 Å². The Balaban J connectivity index is 2.25. The average molecular weight is 280 g/mol. The van der Waals surface area contributed by atoms with Gasteiger partial charge >= 0.3 is 11.7 Å². The van der Waals surface area contributed by atoms with Gasteiger partial charge in [-0.2, -0.15) is 0 Å². The number of carboxylic acid groups (broad SMARTS) is 1. The quantitative estimate of drug-likeness (QED) is 0.654. The van der Waals surface area contributed by atoms with Gasteiger partial charge in [0.15, 0.2) is 5.65 Å². The predicted octanol–water partition coefficient (Wildman–Crippen LogP) is 0.230. The van der Waals surface area contributed by atoms with E-state index < -0.39 is 17.2 Å². The van der Waals surface area contributed by atoms with Crippen molar-refractivity contribution < 1.29 is 9.90 Å². The minimum Gasteiger partial charge on any atom is -0.481 e. The summed E-state index contributed by atoms with van der Waals surface area (Å²) in [6.45, 7) is 2.20. The van der Waals surface area contributed by atoms with E-state index in [9.17, 15) is 14.4 Å². The molecule has 0 spiro atoms. The summed E-state index contributed by atoms with van der Waals surface area (Å²) >= 11 is 0. The van der Waals surface area contributed by atoms with E-state index in [1.54, 1.807) is 6.92 Å². The van der Waals surface area contributed by atoms with Crippen LogP contribution in [0, 0.1) is 0 Å². The molecule has 2 rings (SSSR count). The van der Waals surface area contributed by atoms with Gasteiger partial charge in [0.05, 0.1) is 0 Å². The fraction of sp³-hybridized carbons (Fsp3) is 0.500. The van der Waals surface area contributed by atoms with Crippen molar-refractivity contribution in [3.63, 3.8) is 0 Å². The van der Waals surface area contributed by atoms with Gasteiger partial charge < -0.3 is 10.1 Å². The summed E-state index contributed by atoms with van der Waals surface area (Å²) in [6.07, 6.45) is 1.85. The predicted molar refractivity (Wildman–Crippen MR) is 71.8 cm³/mol. The van der Waals surface area contributed by atoms with E-state index in [2.05, 4.69) is 15.0 Å². The highest BCUT2D eigenvalue weighted by Gasteiger charge is 2.11. The minimum absolute atomic E-state index is 0.112. The largest absolute Gasteiger partial charge is 0.481 e. The molecule has 0 saturated carbocycles. The number of aryl methyl sites for hydroxylation is 2. The van der Waals surface area contributed by atoms with Gasteiger partial charge in [-0.1, -0.05) is 0 Å². The number of aliphatic carboxylic acids is 1. The van der Waals surface area contributed by atoms with Gasteiger partial charge in [0.25, 0.3) is 5.56 Å². The molecule has 0 aliphatic rings. The molecular formula is C12H16N4O4. The number of nitrogens with zero attached hydrogens (tertiary/aromatic N) is 2. The lowest BCUT2D eigenvalue weighted by atomic mass is 10.2. The van der Waals surface area contributed by atoms with E-state index in [4.69, 9.17) is 5.11 Å². The van der Waals surface area contributed by atoms with Gasteiger partial charge in [-0.15, -0.1) is 0 Å². The number of H-pyrrole nitrogens is 2. The molecule has 0 saturated heterocycles. The fourth-order valence-corrected chi connectivity index (χ4v) is 2.07. The zero-order valence-electron chi connectivity index (χ0n) is 11.1. The minimum atomic E-state index is -0.828. The summed E-state index contributed by atoms with van der Waals surface area (Å²) in [4.78, 5) is 43.1. The second kappa shape index (κ2) is 5.72. The molecule has 0 aliphatic heterocycles. The van der Waals surface area contributed by atoms with Crippen LogP contribution in [-0.2, 0) is 17.8 Å². The third kappa shape index (κ3) is 2.79. The summed E-state index contributed by atoms with van der Waals surface area (Å²) in [7, 11) is 0. The highest BCUT2D eigenvalue weighted by Crippen LogP contribution is 2.08. The standard InChI is InChI=1S/C12H16N4O4/c1-2-16-10-9(11(19)15-12(16)20)13-7(14-10)5-3-4-6-8(17)18/h2-6H2,1H3,(H,13,14)(H,17,18)(H,15,19,20). The van der Waals surface area contributed by atoms with Crippen LogP contribution in [0.15, 0.2) is 9.59 Å². The highest BCUT2D eigenvalue weighted by molar-refractivity contribution is 5.69. The van der Waals surface area contributed by atoms with E-state index in [0.717, 1.165) is 0 Å². The molecule has 108 valence electrons. The van der Waals surface area contributed by atoms with Crippen molar-refractivity contribution in [2.45, 2.75) is 39.2 Å². The smallest absolute Gasteiger partial charge is 0.330 e. The van der Waals surface area contributed by atoms with Gasteiger partial charge in [-0.25, -0.2) is 9.78 Å². The molecule has 2 aromatic rings. The van der Waals surface area contributed by atoms with Crippen LogP contribution in [0.4, 0.5) is 0 Å². The lowest BCUT2D eigenvalue weighted by Crippen LogP contribution is -2.29. The van der Waals surface area contributed by atoms with Crippen molar-refractivity contribution in [1.29, 1.82) is 0 Å². The van der Waals surface area contributed by atoms with Gasteiger partial charge in [0.2, 0.25) is 0 Å². The maximum absolute atomic E-state index is 11.7. The molecule has 0 unspecified atom stereocenters. The molecule has 8 heteroatoms. The van der Waals surface area contributed by atoms with Crippen LogP contribution in [0.3, 0.4) is 0 Å². The Morgan fingerprint density at radius 2 is 2.05 bits per heavy atom. The molecule has 0 amide bonds. The molecule has 2 heterocycles. The molecule has 3 N–H and O–H groups in total. The number of carbonyl (C=O) groups is 1. The number of unbranched alkanes of at least 4 members (excludes halogenated alkanes) is 1. The van der Waals surface area contributed by atoms with Gasteiger partial charge in [-0.3, -0.25) is 19.1 Å². The molecule has 0 fully saturated rings. The monoisotopic (exact) mass is 280 g/mol. The molecule has 2 aromatic heterocycles. The number of aromatic nitrogens is 4. The maximum Gasteiger partial charge on any atom is 0.330 e. The second-order valence-electron chi connectivity index (χ2n) is 4.49. The van der Waals surface area contributed by atoms with E-state index >= 15 is 0 Å². The molecule has 8 nitrogen and oxygen atoms in total. The van der Waals surface area contributed by atoms with E-state index in [1.165, 1.54) is 4.57 Å². The number of rotatable bonds is 6. The summed E-state index contributed by atoms with van der Waals surface area (Å²) in [5, 5.41) is 8.55. The Morgan fingerprint density at radius 1 is 1.30 bits per heavy atom. The topological polar surface area (TPSA) is 121 Å². The number of hydrogen-bond donors (Lipinski definition) is 3. The molecule has 0 bridgehead atoms. The zero-order chi connectivity index (χ0) is 14.7. The highest BCUT2D eigenvalue weighted by atomic mass is 16.4. The Hall–Kier alpha value is -2.38. The van der Waals surface area contributed by atoms with Gasteiger partial charge in [0, 0.05) is 19.4 Å². The first-order valence-corrected chi connectivity index (χ1v) is 6.46. The number of nitrogens with one attached hydrogen (secondary N) is 2. The van der Waals surface area contributed by atoms with E-state index in [1.807, 2.05) is 0 Å². The summed E-state index contributed by atoms with van der Waals surface area (Å²) in [5.41, 5.74) is -0.345. The first-order valence-electron chi connectivity index (χ1n) is 6.46. The number of hydrogen-bond acceptors (Lipinski definition) is 4. The first kappa shape index (κ1) is 14.0. The number of fused-ring (bicyclic) bond motifs is 1. The number of aromatic amines is 2. The maximum atomic E-state index is 11.7. The van der Waals surface area contributed by atoms with Crippen LogP contribution in [0.25, 0.3) is 11.2 Å². The third-order valence-electron chi connectivity index (χ3n) is 3.05. The lowest BCUT2D eigenvalue weighted by molar-refractivity contribution is -0.137. The molecule has 20 heavy (non-hydrogen) atoms. The average Bonchev–Trinajstić information content (AvgIpc) is 2.79. The van der Waals surface area contributed by atoms with Crippen LogP contribution >= 0.6 is 0 Å². The van der Waals surface area contributed by atoms with Crippen LogP contribution in [-0.4, -0.2) is 30.6 Å². The van der Waals surface area contributed by atoms with Crippen molar-refractivity contribution >= 4 is 17.1 Å². The normalized spacial score (nSPS) is 11.1. The van der Waals surface area contributed by atoms with Crippen molar-refractivity contribution in [3.8, 4) is 0 Å². The number of carboxylic acids is 1. The van der Waals surface area contributed by atoms with Crippen LogP contribution in [0.5, 0.6) is 0 Å². The van der Waals surface area contributed by atoms with Crippen molar-refractivity contribution in [1.82, 2.24) is 19.5 Å². The Morgan fingerprint density at radius 3 is 2.70 bits per heavy atom.